The number of piperidine rings is 1. The number of piperazine rings is 1. The van der Waals surface area contributed by atoms with Crippen molar-refractivity contribution in [1.82, 2.24) is 15.1 Å². The van der Waals surface area contributed by atoms with Crippen LogP contribution in [0.15, 0.2) is 91.0 Å². The van der Waals surface area contributed by atoms with E-state index in [4.69, 9.17) is 0 Å². The molecule has 2 saturated heterocycles. The van der Waals surface area contributed by atoms with Gasteiger partial charge in [0.05, 0.1) is 5.54 Å². The third kappa shape index (κ3) is 5.43. The molecule has 37 heavy (non-hydrogen) atoms. The standard InChI is InChI=1S/C33H41N3O/c1-26-24-35(25-27(2)34-26)32(28-12-6-3-7-13-28)29-18-21-36(22-19-29)33(20-23-37,30-14-8-4-9-15-30)31-16-10-5-11-17-31/h3-17,23,26-27,29,32,34H,18-22,24-25H2,1-2H3. The third-order valence-corrected chi connectivity index (χ3v) is 8.53. The third-order valence-electron chi connectivity index (χ3n) is 8.53. The topological polar surface area (TPSA) is 35.6 Å². The highest BCUT2D eigenvalue weighted by molar-refractivity contribution is 5.57. The predicted molar refractivity (Wildman–Crippen MR) is 151 cm³/mol. The van der Waals surface area contributed by atoms with Gasteiger partial charge in [-0.2, -0.15) is 0 Å². The summed E-state index contributed by atoms with van der Waals surface area (Å²) in [6.45, 7) is 8.72. The molecule has 1 N–H and O–H groups in total. The summed E-state index contributed by atoms with van der Waals surface area (Å²) in [7, 11) is 0. The van der Waals surface area contributed by atoms with Gasteiger partial charge in [0, 0.05) is 37.6 Å². The van der Waals surface area contributed by atoms with Crippen LogP contribution in [0.2, 0.25) is 0 Å². The van der Waals surface area contributed by atoms with Crippen LogP contribution >= 0.6 is 0 Å². The first kappa shape index (κ1) is 25.8. The first-order chi connectivity index (χ1) is 18.1. The SMILES string of the molecule is CC1CN(C(c2ccccc2)C2CCN(C(CC=O)(c3ccccc3)c3ccccc3)CC2)CC(C)N1. The lowest BCUT2D eigenvalue weighted by atomic mass is 9.76. The molecule has 0 aliphatic carbocycles. The van der Waals surface area contributed by atoms with Gasteiger partial charge < -0.3 is 10.1 Å². The number of likely N-dealkylation sites (tertiary alicyclic amines) is 1. The molecule has 5 rings (SSSR count). The molecule has 3 unspecified atom stereocenters. The molecule has 3 atom stereocenters. The van der Waals surface area contributed by atoms with Crippen LogP contribution in [0.3, 0.4) is 0 Å². The van der Waals surface area contributed by atoms with Crippen molar-refractivity contribution in [3.63, 3.8) is 0 Å². The second kappa shape index (κ2) is 11.7. The molecule has 4 nitrogen and oxygen atoms in total. The summed E-state index contributed by atoms with van der Waals surface area (Å²) in [5.41, 5.74) is 3.41. The summed E-state index contributed by atoms with van der Waals surface area (Å²) in [5, 5.41) is 3.71. The van der Waals surface area contributed by atoms with E-state index in [1.165, 1.54) is 16.7 Å². The lowest BCUT2D eigenvalue weighted by molar-refractivity contribution is -0.110. The number of carbonyl (C=O) groups is 1. The average molecular weight is 496 g/mol. The van der Waals surface area contributed by atoms with Gasteiger partial charge in [0.15, 0.2) is 0 Å². The number of carbonyl (C=O) groups excluding carboxylic acids is 1. The van der Waals surface area contributed by atoms with E-state index in [0.717, 1.165) is 45.3 Å². The van der Waals surface area contributed by atoms with Gasteiger partial charge in [-0.15, -0.1) is 0 Å². The van der Waals surface area contributed by atoms with E-state index in [1.807, 2.05) is 0 Å². The minimum atomic E-state index is -0.435. The molecule has 3 aromatic carbocycles. The van der Waals surface area contributed by atoms with Crippen molar-refractivity contribution in [3.05, 3.63) is 108 Å². The van der Waals surface area contributed by atoms with Gasteiger partial charge in [-0.25, -0.2) is 0 Å². The first-order valence-corrected chi connectivity index (χ1v) is 14.0. The van der Waals surface area contributed by atoms with E-state index in [2.05, 4.69) is 120 Å². The lowest BCUT2D eigenvalue weighted by Gasteiger charge is -2.50. The zero-order chi connectivity index (χ0) is 25.7. The Bertz CT molecular complexity index is 1060. The molecule has 2 aliphatic rings. The van der Waals surface area contributed by atoms with Gasteiger partial charge in [0.2, 0.25) is 0 Å². The Morgan fingerprint density at radius 3 is 1.78 bits per heavy atom. The molecule has 0 aromatic heterocycles. The van der Waals surface area contributed by atoms with E-state index in [9.17, 15) is 4.79 Å². The maximum atomic E-state index is 12.2. The summed E-state index contributed by atoms with van der Waals surface area (Å²) in [6.07, 6.45) is 3.81. The van der Waals surface area contributed by atoms with Gasteiger partial charge in [0.1, 0.15) is 6.29 Å². The van der Waals surface area contributed by atoms with E-state index in [1.54, 1.807) is 0 Å². The van der Waals surface area contributed by atoms with Crippen LogP contribution in [-0.2, 0) is 10.3 Å². The summed E-state index contributed by atoms with van der Waals surface area (Å²) in [4.78, 5) is 17.5. The Hall–Kier alpha value is -2.79. The van der Waals surface area contributed by atoms with E-state index in [0.29, 0.717) is 30.5 Å². The van der Waals surface area contributed by atoms with Crippen LogP contribution in [0.4, 0.5) is 0 Å². The first-order valence-electron chi connectivity index (χ1n) is 14.0. The number of hydrogen-bond donors (Lipinski definition) is 1. The summed E-state index contributed by atoms with van der Waals surface area (Å²) >= 11 is 0. The second-order valence-electron chi connectivity index (χ2n) is 11.1. The molecular weight excluding hydrogens is 454 g/mol. The molecule has 0 bridgehead atoms. The Kier molecular flexibility index (Phi) is 8.19. The Morgan fingerprint density at radius 2 is 1.30 bits per heavy atom. The molecule has 2 heterocycles. The number of aldehydes is 1. The number of hydrogen-bond acceptors (Lipinski definition) is 4. The number of rotatable bonds is 8. The van der Waals surface area contributed by atoms with E-state index in [-0.39, 0.29) is 0 Å². The molecule has 0 spiro atoms. The molecule has 0 amide bonds. The summed E-state index contributed by atoms with van der Waals surface area (Å²) in [6, 6.07) is 33.8. The highest BCUT2D eigenvalue weighted by Gasteiger charge is 2.43. The van der Waals surface area contributed by atoms with Crippen molar-refractivity contribution >= 4 is 6.29 Å². The maximum Gasteiger partial charge on any atom is 0.122 e. The highest BCUT2D eigenvalue weighted by Crippen LogP contribution is 2.44. The minimum Gasteiger partial charge on any atom is -0.309 e. The minimum absolute atomic E-state index is 0.421. The van der Waals surface area contributed by atoms with Crippen molar-refractivity contribution in [1.29, 1.82) is 0 Å². The molecule has 4 heteroatoms. The van der Waals surface area contributed by atoms with E-state index >= 15 is 0 Å². The van der Waals surface area contributed by atoms with Gasteiger partial charge >= 0.3 is 0 Å². The smallest absolute Gasteiger partial charge is 0.122 e. The Labute approximate surface area is 222 Å². The summed E-state index contributed by atoms with van der Waals surface area (Å²) < 4.78 is 0. The monoisotopic (exact) mass is 495 g/mol. The number of nitrogens with zero attached hydrogens (tertiary/aromatic N) is 2. The Balaban J connectivity index is 1.45. The molecular formula is C33H41N3O. The molecule has 2 aliphatic heterocycles. The van der Waals surface area contributed by atoms with Crippen LogP contribution in [-0.4, -0.2) is 54.3 Å². The normalized spacial score (nSPS) is 23.0. The Morgan fingerprint density at radius 1 is 0.811 bits per heavy atom. The lowest BCUT2D eigenvalue weighted by Crippen LogP contribution is -2.57. The largest absolute Gasteiger partial charge is 0.309 e. The molecule has 0 saturated carbocycles. The van der Waals surface area contributed by atoms with Crippen LogP contribution in [0.25, 0.3) is 0 Å². The molecule has 2 fully saturated rings. The summed E-state index contributed by atoms with van der Waals surface area (Å²) in [5.74, 6) is 0.580. The van der Waals surface area contributed by atoms with Gasteiger partial charge in [0.25, 0.3) is 0 Å². The fourth-order valence-electron chi connectivity index (χ4n) is 7.07. The van der Waals surface area contributed by atoms with Crippen LogP contribution < -0.4 is 5.32 Å². The zero-order valence-corrected chi connectivity index (χ0v) is 22.3. The van der Waals surface area contributed by atoms with Crippen LogP contribution in [0.5, 0.6) is 0 Å². The zero-order valence-electron chi connectivity index (χ0n) is 22.3. The van der Waals surface area contributed by atoms with Crippen LogP contribution in [0.1, 0.15) is 55.8 Å². The molecule has 0 radical (unpaired) electrons. The van der Waals surface area contributed by atoms with Crippen molar-refractivity contribution in [2.75, 3.05) is 26.2 Å². The van der Waals surface area contributed by atoms with Gasteiger partial charge in [-0.05, 0) is 62.4 Å². The van der Waals surface area contributed by atoms with Crippen molar-refractivity contribution in [2.24, 2.45) is 5.92 Å². The highest BCUT2D eigenvalue weighted by atomic mass is 16.1. The number of benzene rings is 3. The van der Waals surface area contributed by atoms with E-state index < -0.39 is 5.54 Å². The van der Waals surface area contributed by atoms with Gasteiger partial charge in [-0.3, -0.25) is 9.80 Å². The molecule has 3 aromatic rings. The number of nitrogens with one attached hydrogen (secondary N) is 1. The van der Waals surface area contributed by atoms with Crippen molar-refractivity contribution < 1.29 is 4.79 Å². The van der Waals surface area contributed by atoms with Crippen molar-refractivity contribution in [2.45, 2.75) is 56.8 Å². The van der Waals surface area contributed by atoms with Crippen LogP contribution in [0, 0.1) is 5.92 Å². The van der Waals surface area contributed by atoms with Crippen molar-refractivity contribution in [3.8, 4) is 0 Å². The maximum absolute atomic E-state index is 12.2. The fraction of sp³-hybridized carbons (Fsp3) is 0.424. The van der Waals surface area contributed by atoms with Gasteiger partial charge in [-0.1, -0.05) is 91.0 Å². The fourth-order valence-corrected chi connectivity index (χ4v) is 7.07. The predicted octanol–water partition coefficient (Wildman–Crippen LogP) is 5.65. The second-order valence-corrected chi connectivity index (χ2v) is 11.1. The average Bonchev–Trinajstić information content (AvgIpc) is 2.93. The molecule has 194 valence electrons. The quantitative estimate of drug-likeness (QED) is 0.410.